The number of hydrogen-bond acceptors (Lipinski definition) is 3. The summed E-state index contributed by atoms with van der Waals surface area (Å²) < 4.78 is 2.16. The number of carbonyl (C=O) groups excluding carboxylic acids is 1. The Morgan fingerprint density at radius 1 is 1.10 bits per heavy atom. The van der Waals surface area contributed by atoms with Crippen LogP contribution in [-0.2, 0) is 13.1 Å². The SMILES string of the molecule is CN1CCC(N(C)C(=O)NCc2ccc(Cn3cnc4ccccc43)cc2)CC1. The zero-order valence-electron chi connectivity index (χ0n) is 17.2. The van der Waals surface area contributed by atoms with Crippen molar-refractivity contribution in [2.45, 2.75) is 32.0 Å². The van der Waals surface area contributed by atoms with Gasteiger partial charge in [0.25, 0.3) is 0 Å². The van der Waals surface area contributed by atoms with Gasteiger partial charge in [-0.2, -0.15) is 0 Å². The lowest BCUT2D eigenvalue weighted by atomic mass is 10.0. The first kappa shape index (κ1) is 19.5. The quantitative estimate of drug-likeness (QED) is 0.726. The molecule has 0 radical (unpaired) electrons. The first-order valence-corrected chi connectivity index (χ1v) is 10.3. The monoisotopic (exact) mass is 391 g/mol. The Morgan fingerprint density at radius 3 is 2.55 bits per heavy atom. The van der Waals surface area contributed by atoms with Crippen LogP contribution in [0.15, 0.2) is 54.9 Å². The Morgan fingerprint density at radius 2 is 1.79 bits per heavy atom. The maximum Gasteiger partial charge on any atom is 0.317 e. The third-order valence-electron chi connectivity index (χ3n) is 5.90. The zero-order chi connectivity index (χ0) is 20.2. The number of aromatic nitrogens is 2. The summed E-state index contributed by atoms with van der Waals surface area (Å²) >= 11 is 0. The van der Waals surface area contributed by atoms with Crippen molar-refractivity contribution in [2.24, 2.45) is 0 Å². The molecule has 29 heavy (non-hydrogen) atoms. The summed E-state index contributed by atoms with van der Waals surface area (Å²) in [5.41, 5.74) is 4.47. The third kappa shape index (κ3) is 4.59. The van der Waals surface area contributed by atoms with Gasteiger partial charge in [0.2, 0.25) is 0 Å². The number of likely N-dealkylation sites (tertiary alicyclic amines) is 1. The molecule has 2 aromatic carbocycles. The van der Waals surface area contributed by atoms with Crippen LogP contribution in [0.5, 0.6) is 0 Å². The highest BCUT2D eigenvalue weighted by atomic mass is 16.2. The Kier molecular flexibility index (Phi) is 5.81. The van der Waals surface area contributed by atoms with Crippen molar-refractivity contribution in [3.8, 4) is 0 Å². The molecule has 1 aromatic heterocycles. The van der Waals surface area contributed by atoms with Gasteiger partial charge in [0.15, 0.2) is 0 Å². The fourth-order valence-corrected chi connectivity index (χ4v) is 3.95. The van der Waals surface area contributed by atoms with E-state index >= 15 is 0 Å². The number of nitrogens with zero attached hydrogens (tertiary/aromatic N) is 4. The Labute approximate surface area is 172 Å². The second-order valence-corrected chi connectivity index (χ2v) is 7.98. The molecule has 0 bridgehead atoms. The van der Waals surface area contributed by atoms with Crippen LogP contribution in [0.3, 0.4) is 0 Å². The van der Waals surface area contributed by atoms with Crippen LogP contribution in [0.4, 0.5) is 4.79 Å². The highest BCUT2D eigenvalue weighted by molar-refractivity contribution is 5.75. The van der Waals surface area contributed by atoms with Crippen LogP contribution >= 0.6 is 0 Å². The molecular formula is C23H29N5O. The molecule has 1 N–H and O–H groups in total. The molecule has 6 nitrogen and oxygen atoms in total. The number of hydrogen-bond donors (Lipinski definition) is 1. The number of urea groups is 1. The molecule has 1 fully saturated rings. The number of rotatable bonds is 5. The van der Waals surface area contributed by atoms with Crippen LogP contribution in [0.2, 0.25) is 0 Å². The highest BCUT2D eigenvalue weighted by Gasteiger charge is 2.23. The summed E-state index contributed by atoms with van der Waals surface area (Å²) in [4.78, 5) is 21.1. The van der Waals surface area contributed by atoms with Gasteiger partial charge in [-0.1, -0.05) is 36.4 Å². The lowest BCUT2D eigenvalue weighted by molar-refractivity contribution is 0.147. The van der Waals surface area contributed by atoms with Crippen molar-refractivity contribution in [3.63, 3.8) is 0 Å². The summed E-state index contributed by atoms with van der Waals surface area (Å²) in [6.45, 7) is 3.43. The van der Waals surface area contributed by atoms with E-state index in [1.54, 1.807) is 0 Å². The van der Waals surface area contributed by atoms with Crippen molar-refractivity contribution in [1.29, 1.82) is 0 Å². The summed E-state index contributed by atoms with van der Waals surface area (Å²) in [6.07, 6.45) is 3.97. The molecule has 1 saturated heterocycles. The van der Waals surface area contributed by atoms with E-state index in [-0.39, 0.29) is 6.03 Å². The second-order valence-electron chi connectivity index (χ2n) is 7.98. The normalized spacial score (nSPS) is 15.5. The molecule has 0 aliphatic carbocycles. The van der Waals surface area contributed by atoms with Crippen molar-refractivity contribution in [3.05, 3.63) is 66.0 Å². The fourth-order valence-electron chi connectivity index (χ4n) is 3.95. The third-order valence-corrected chi connectivity index (χ3v) is 5.90. The number of para-hydroxylation sites is 2. The molecule has 3 aromatic rings. The second kappa shape index (κ2) is 8.66. The summed E-state index contributed by atoms with van der Waals surface area (Å²) in [5.74, 6) is 0. The van der Waals surface area contributed by atoms with Crippen LogP contribution < -0.4 is 5.32 Å². The van der Waals surface area contributed by atoms with E-state index in [1.165, 1.54) is 5.56 Å². The van der Waals surface area contributed by atoms with Crippen molar-refractivity contribution < 1.29 is 4.79 Å². The Hall–Kier alpha value is -2.86. The molecular weight excluding hydrogens is 362 g/mol. The molecule has 152 valence electrons. The lowest BCUT2D eigenvalue weighted by Crippen LogP contribution is -2.47. The van der Waals surface area contributed by atoms with Crippen molar-refractivity contribution in [1.82, 2.24) is 24.7 Å². The van der Waals surface area contributed by atoms with E-state index in [1.807, 2.05) is 36.5 Å². The molecule has 1 aliphatic rings. The van der Waals surface area contributed by atoms with Crippen LogP contribution in [0, 0.1) is 0 Å². The number of fused-ring (bicyclic) bond motifs is 1. The molecule has 4 rings (SSSR count). The smallest absolute Gasteiger partial charge is 0.317 e. The average Bonchev–Trinajstić information content (AvgIpc) is 3.16. The minimum Gasteiger partial charge on any atom is -0.334 e. The van der Waals surface area contributed by atoms with Gasteiger partial charge < -0.3 is 19.7 Å². The maximum absolute atomic E-state index is 12.5. The Bertz CT molecular complexity index is 957. The predicted molar refractivity (Wildman–Crippen MR) is 116 cm³/mol. The average molecular weight is 392 g/mol. The summed E-state index contributed by atoms with van der Waals surface area (Å²) in [6, 6.07) is 16.9. The van der Waals surface area contributed by atoms with Gasteiger partial charge in [0.05, 0.1) is 17.4 Å². The topological polar surface area (TPSA) is 53.4 Å². The summed E-state index contributed by atoms with van der Waals surface area (Å²) in [5, 5.41) is 3.05. The molecule has 1 aliphatic heterocycles. The van der Waals surface area contributed by atoms with Crippen LogP contribution in [-0.4, -0.2) is 58.6 Å². The van der Waals surface area contributed by atoms with E-state index in [4.69, 9.17) is 0 Å². The fraction of sp³-hybridized carbons (Fsp3) is 0.391. The standard InChI is InChI=1S/C23H29N5O/c1-26-13-11-20(12-14-26)27(2)23(29)24-15-18-7-9-19(10-8-18)16-28-17-25-21-5-3-4-6-22(21)28/h3-10,17,20H,11-16H2,1-2H3,(H,24,29). The Balaban J connectivity index is 1.31. The van der Waals surface area contributed by atoms with E-state index in [2.05, 4.69) is 57.1 Å². The molecule has 0 saturated carbocycles. The zero-order valence-corrected chi connectivity index (χ0v) is 17.2. The van der Waals surface area contributed by atoms with Gasteiger partial charge >= 0.3 is 6.03 Å². The van der Waals surface area contributed by atoms with E-state index in [9.17, 15) is 4.79 Å². The number of carbonyl (C=O) groups is 1. The van der Waals surface area contributed by atoms with E-state index in [0.29, 0.717) is 12.6 Å². The molecule has 0 unspecified atom stereocenters. The molecule has 0 spiro atoms. The minimum absolute atomic E-state index is 0.00788. The largest absolute Gasteiger partial charge is 0.334 e. The van der Waals surface area contributed by atoms with Gasteiger partial charge in [0.1, 0.15) is 0 Å². The van der Waals surface area contributed by atoms with Crippen LogP contribution in [0.25, 0.3) is 11.0 Å². The number of amides is 2. The van der Waals surface area contributed by atoms with Gasteiger partial charge in [0, 0.05) is 26.2 Å². The van der Waals surface area contributed by atoms with Gasteiger partial charge in [-0.25, -0.2) is 9.78 Å². The van der Waals surface area contributed by atoms with E-state index in [0.717, 1.165) is 49.1 Å². The number of imidazole rings is 1. The lowest BCUT2D eigenvalue weighted by Gasteiger charge is -2.35. The molecule has 2 heterocycles. The maximum atomic E-state index is 12.5. The van der Waals surface area contributed by atoms with Gasteiger partial charge in [-0.05, 0) is 56.2 Å². The first-order valence-electron chi connectivity index (χ1n) is 10.3. The molecule has 2 amide bonds. The highest BCUT2D eigenvalue weighted by Crippen LogP contribution is 2.16. The first-order chi connectivity index (χ1) is 14.1. The number of piperidine rings is 1. The van der Waals surface area contributed by atoms with E-state index < -0.39 is 0 Å². The van der Waals surface area contributed by atoms with Crippen LogP contribution in [0.1, 0.15) is 24.0 Å². The van der Waals surface area contributed by atoms with Crippen molar-refractivity contribution >= 4 is 17.1 Å². The summed E-state index contributed by atoms with van der Waals surface area (Å²) in [7, 11) is 4.04. The number of benzene rings is 2. The van der Waals surface area contributed by atoms with Crippen molar-refractivity contribution in [2.75, 3.05) is 27.2 Å². The minimum atomic E-state index is 0.00788. The number of nitrogens with one attached hydrogen (secondary N) is 1. The molecule has 6 heteroatoms. The van der Waals surface area contributed by atoms with Gasteiger partial charge in [-0.15, -0.1) is 0 Å². The predicted octanol–water partition coefficient (Wildman–Crippen LogP) is 3.32. The van der Waals surface area contributed by atoms with Gasteiger partial charge in [-0.3, -0.25) is 0 Å². The molecule has 0 atom stereocenters.